The summed E-state index contributed by atoms with van der Waals surface area (Å²) in [5.74, 6) is -2.33. The van der Waals surface area contributed by atoms with Crippen molar-refractivity contribution in [3.8, 4) is 0 Å². The fourth-order valence-electron chi connectivity index (χ4n) is 4.12. The van der Waals surface area contributed by atoms with E-state index in [2.05, 4.69) is 9.69 Å². The van der Waals surface area contributed by atoms with E-state index in [4.69, 9.17) is 11.5 Å². The van der Waals surface area contributed by atoms with Gasteiger partial charge < -0.3 is 16.8 Å². The fourth-order valence-corrected chi connectivity index (χ4v) is 4.87. The Morgan fingerprint density at radius 1 is 1.06 bits per heavy atom. The Bertz CT molecular complexity index is 1190. The molecular formula is C24H24FN5O3S. The SMILES string of the molecule is NC(=O)c1nsc(C(=O)N(c2ccccc2)[C@H](C(=O)NC2CCCC2)c2ccc(F)cc2)c1N. The molecule has 3 aromatic rings. The van der Waals surface area contributed by atoms with Crippen molar-refractivity contribution >= 4 is 40.6 Å². The molecule has 0 aliphatic heterocycles. The molecule has 1 fully saturated rings. The molecule has 5 N–H and O–H groups in total. The zero-order chi connectivity index (χ0) is 24.2. The zero-order valence-electron chi connectivity index (χ0n) is 18.2. The maximum absolute atomic E-state index is 13.8. The van der Waals surface area contributed by atoms with Gasteiger partial charge >= 0.3 is 0 Å². The van der Waals surface area contributed by atoms with Gasteiger partial charge in [-0.25, -0.2) is 4.39 Å². The highest BCUT2D eigenvalue weighted by atomic mass is 32.1. The molecule has 1 atom stereocenters. The summed E-state index contributed by atoms with van der Waals surface area (Å²) in [6.07, 6.45) is 3.73. The van der Waals surface area contributed by atoms with Gasteiger partial charge in [0.25, 0.3) is 11.8 Å². The number of benzene rings is 2. The van der Waals surface area contributed by atoms with E-state index in [0.29, 0.717) is 11.3 Å². The lowest BCUT2D eigenvalue weighted by atomic mass is 10.0. The number of nitrogens with two attached hydrogens (primary N) is 2. The van der Waals surface area contributed by atoms with Crippen LogP contribution < -0.4 is 21.7 Å². The van der Waals surface area contributed by atoms with Gasteiger partial charge in [-0.15, -0.1) is 0 Å². The summed E-state index contributed by atoms with van der Waals surface area (Å²) in [6.45, 7) is 0. The number of nitrogens with zero attached hydrogens (tertiary/aromatic N) is 2. The minimum atomic E-state index is -1.12. The zero-order valence-corrected chi connectivity index (χ0v) is 19.1. The molecule has 10 heteroatoms. The number of primary amides is 1. The Kier molecular flexibility index (Phi) is 6.87. The molecule has 1 saturated carbocycles. The molecule has 176 valence electrons. The van der Waals surface area contributed by atoms with Crippen LogP contribution in [0.25, 0.3) is 0 Å². The van der Waals surface area contributed by atoms with Crippen molar-refractivity contribution in [2.24, 2.45) is 5.73 Å². The number of anilines is 2. The molecule has 2 aromatic carbocycles. The standard InChI is InChI=1S/C24H24FN5O3S/c25-15-12-10-14(11-13-15)20(23(32)28-16-6-4-5-7-16)30(17-8-2-1-3-9-17)24(33)21-18(26)19(22(27)31)29-34-21/h1-3,8-13,16,20H,4-7,26H2,(H2,27,31)(H,28,32)/t20-/m0/s1. The molecule has 1 aromatic heterocycles. The van der Waals surface area contributed by atoms with E-state index < -0.39 is 29.6 Å². The first-order valence-electron chi connectivity index (χ1n) is 10.9. The number of para-hydroxylation sites is 1. The van der Waals surface area contributed by atoms with E-state index >= 15 is 0 Å². The number of nitrogens with one attached hydrogen (secondary N) is 1. The quantitative estimate of drug-likeness (QED) is 0.476. The number of carbonyl (C=O) groups excluding carboxylic acids is 3. The summed E-state index contributed by atoms with van der Waals surface area (Å²) in [5, 5.41) is 3.04. The van der Waals surface area contributed by atoms with Crippen LogP contribution in [0.15, 0.2) is 54.6 Å². The lowest BCUT2D eigenvalue weighted by Crippen LogP contribution is -2.46. The Labute approximate surface area is 199 Å². The van der Waals surface area contributed by atoms with Gasteiger partial charge in [-0.05, 0) is 54.2 Å². The lowest BCUT2D eigenvalue weighted by molar-refractivity contribution is -0.123. The second-order valence-electron chi connectivity index (χ2n) is 8.09. The molecule has 1 aliphatic rings. The maximum Gasteiger partial charge on any atom is 0.273 e. The predicted octanol–water partition coefficient (Wildman–Crippen LogP) is 3.41. The number of hydrogen-bond acceptors (Lipinski definition) is 6. The van der Waals surface area contributed by atoms with Crippen LogP contribution in [-0.2, 0) is 4.79 Å². The van der Waals surface area contributed by atoms with Crippen molar-refractivity contribution in [3.05, 3.63) is 76.5 Å². The smallest absolute Gasteiger partial charge is 0.273 e. The third kappa shape index (κ3) is 4.76. The van der Waals surface area contributed by atoms with Crippen LogP contribution in [0.5, 0.6) is 0 Å². The molecule has 3 amide bonds. The van der Waals surface area contributed by atoms with Crippen molar-refractivity contribution in [1.29, 1.82) is 0 Å². The lowest BCUT2D eigenvalue weighted by Gasteiger charge is -2.32. The van der Waals surface area contributed by atoms with Gasteiger partial charge in [-0.2, -0.15) is 4.37 Å². The van der Waals surface area contributed by atoms with Crippen molar-refractivity contribution < 1.29 is 18.8 Å². The first-order valence-corrected chi connectivity index (χ1v) is 11.6. The number of nitrogen functional groups attached to an aromatic ring is 1. The van der Waals surface area contributed by atoms with Crippen LogP contribution in [0.3, 0.4) is 0 Å². The number of amides is 3. The van der Waals surface area contributed by atoms with Crippen LogP contribution in [0.1, 0.15) is 57.4 Å². The van der Waals surface area contributed by atoms with E-state index in [1.807, 2.05) is 0 Å². The Balaban J connectivity index is 1.82. The molecule has 0 bridgehead atoms. The molecular weight excluding hydrogens is 457 g/mol. The summed E-state index contributed by atoms with van der Waals surface area (Å²) in [5.41, 5.74) is 11.9. The second kappa shape index (κ2) is 10.0. The molecule has 0 spiro atoms. The molecule has 34 heavy (non-hydrogen) atoms. The first-order chi connectivity index (χ1) is 16.4. The molecule has 1 heterocycles. The van der Waals surface area contributed by atoms with Crippen LogP contribution >= 0.6 is 11.5 Å². The number of hydrogen-bond donors (Lipinski definition) is 3. The number of halogens is 1. The Morgan fingerprint density at radius 3 is 2.29 bits per heavy atom. The van der Waals surface area contributed by atoms with E-state index in [0.717, 1.165) is 37.2 Å². The second-order valence-corrected chi connectivity index (χ2v) is 8.87. The Hall–Kier alpha value is -3.79. The molecule has 8 nitrogen and oxygen atoms in total. The summed E-state index contributed by atoms with van der Waals surface area (Å²) in [7, 11) is 0. The maximum atomic E-state index is 13.8. The number of aromatic nitrogens is 1. The van der Waals surface area contributed by atoms with E-state index in [9.17, 15) is 18.8 Å². The molecule has 4 rings (SSSR count). The van der Waals surface area contributed by atoms with Crippen molar-refractivity contribution in [2.75, 3.05) is 10.6 Å². The minimum absolute atomic E-state index is 0.00175. The fraction of sp³-hybridized carbons (Fsp3) is 0.250. The van der Waals surface area contributed by atoms with E-state index in [-0.39, 0.29) is 22.3 Å². The van der Waals surface area contributed by atoms with Crippen molar-refractivity contribution in [2.45, 2.75) is 37.8 Å². The van der Waals surface area contributed by atoms with Crippen LogP contribution in [0, 0.1) is 5.82 Å². The number of carbonyl (C=O) groups is 3. The molecule has 1 aliphatic carbocycles. The molecule has 0 saturated heterocycles. The van der Waals surface area contributed by atoms with Crippen molar-refractivity contribution in [1.82, 2.24) is 9.69 Å². The van der Waals surface area contributed by atoms with Gasteiger partial charge in [-0.1, -0.05) is 43.2 Å². The predicted molar refractivity (Wildman–Crippen MR) is 128 cm³/mol. The van der Waals surface area contributed by atoms with Gasteiger partial charge in [0.1, 0.15) is 16.7 Å². The van der Waals surface area contributed by atoms with Gasteiger partial charge in [0, 0.05) is 11.7 Å². The van der Waals surface area contributed by atoms with Gasteiger partial charge in [0.15, 0.2) is 5.69 Å². The summed E-state index contributed by atoms with van der Waals surface area (Å²) in [4.78, 5) is 40.4. The highest BCUT2D eigenvalue weighted by Crippen LogP contribution is 2.33. The van der Waals surface area contributed by atoms with E-state index in [1.165, 1.54) is 29.2 Å². The monoisotopic (exact) mass is 481 g/mol. The summed E-state index contributed by atoms with van der Waals surface area (Å²) >= 11 is 0.737. The van der Waals surface area contributed by atoms with Crippen molar-refractivity contribution in [3.63, 3.8) is 0 Å². The molecule has 0 unspecified atom stereocenters. The average Bonchev–Trinajstić information content (AvgIpc) is 3.48. The van der Waals surface area contributed by atoms with Gasteiger partial charge in [0.05, 0.1) is 5.69 Å². The molecule has 0 radical (unpaired) electrons. The highest BCUT2D eigenvalue weighted by Gasteiger charge is 2.37. The topological polar surface area (TPSA) is 131 Å². The largest absolute Gasteiger partial charge is 0.395 e. The summed E-state index contributed by atoms with van der Waals surface area (Å²) < 4.78 is 17.6. The third-order valence-corrected chi connectivity index (χ3v) is 6.65. The van der Waals surface area contributed by atoms with Gasteiger partial charge in [-0.3, -0.25) is 19.3 Å². The third-order valence-electron chi connectivity index (χ3n) is 5.80. The van der Waals surface area contributed by atoms with Crippen LogP contribution in [0.4, 0.5) is 15.8 Å². The Morgan fingerprint density at radius 2 is 1.71 bits per heavy atom. The normalized spacial score (nSPS) is 14.5. The first kappa shape index (κ1) is 23.4. The highest BCUT2D eigenvalue weighted by molar-refractivity contribution is 7.09. The minimum Gasteiger partial charge on any atom is -0.395 e. The average molecular weight is 482 g/mol. The van der Waals surface area contributed by atoms with Crippen LogP contribution in [-0.4, -0.2) is 28.1 Å². The summed E-state index contributed by atoms with van der Waals surface area (Å²) in [6, 6.07) is 12.9. The van der Waals surface area contributed by atoms with Crippen LogP contribution in [0.2, 0.25) is 0 Å². The van der Waals surface area contributed by atoms with E-state index in [1.54, 1.807) is 30.3 Å². The van der Waals surface area contributed by atoms with Gasteiger partial charge in [0.2, 0.25) is 5.91 Å². The number of rotatable bonds is 7.